The van der Waals surface area contributed by atoms with Gasteiger partial charge in [-0.15, -0.1) is 0 Å². The first kappa shape index (κ1) is 19.2. The van der Waals surface area contributed by atoms with Gasteiger partial charge in [-0.2, -0.15) is 0 Å². The number of hydrogen-bond acceptors (Lipinski definition) is 5. The van der Waals surface area contributed by atoms with Crippen LogP contribution in [0.25, 0.3) is 0 Å². The summed E-state index contributed by atoms with van der Waals surface area (Å²) in [5.74, 6) is -1.36. The number of amides is 2. The summed E-state index contributed by atoms with van der Waals surface area (Å²) in [7, 11) is 0. The summed E-state index contributed by atoms with van der Waals surface area (Å²) in [4.78, 5) is 27.0. The minimum atomic E-state index is -0.730. The molecule has 8 heteroatoms. The van der Waals surface area contributed by atoms with E-state index in [1.54, 1.807) is 18.5 Å². The van der Waals surface area contributed by atoms with Crippen LogP contribution in [-0.2, 0) is 16.0 Å². The lowest BCUT2D eigenvalue weighted by molar-refractivity contribution is -0.115. The van der Waals surface area contributed by atoms with Gasteiger partial charge in [0.25, 0.3) is 5.91 Å². The predicted octanol–water partition coefficient (Wildman–Crippen LogP) is 1.44. The number of primary amides is 1. The van der Waals surface area contributed by atoms with Gasteiger partial charge < -0.3 is 16.0 Å². The molecule has 0 spiro atoms. The van der Waals surface area contributed by atoms with Crippen molar-refractivity contribution in [1.82, 2.24) is 10.3 Å². The molecule has 2 aromatic rings. The second-order valence-corrected chi connectivity index (χ2v) is 5.73. The zero-order chi connectivity index (χ0) is 19.1. The third-order valence-corrected chi connectivity index (χ3v) is 3.96. The van der Waals surface area contributed by atoms with E-state index in [0.29, 0.717) is 12.0 Å². The largest absolute Gasteiger partial charge is 0.367 e. The molecule has 0 fully saturated rings. The third kappa shape index (κ3) is 4.70. The lowest BCUT2D eigenvalue weighted by atomic mass is 9.98. The van der Waals surface area contributed by atoms with Gasteiger partial charge >= 0.3 is 0 Å². The second-order valence-electron chi connectivity index (χ2n) is 5.53. The van der Waals surface area contributed by atoms with Crippen LogP contribution in [0.2, 0.25) is 0 Å². The number of hydrogen-bond donors (Lipinski definition) is 5. The van der Waals surface area contributed by atoms with Crippen LogP contribution >= 0.6 is 12.8 Å². The van der Waals surface area contributed by atoms with Crippen LogP contribution < -0.4 is 11.1 Å². The van der Waals surface area contributed by atoms with Crippen molar-refractivity contribution in [1.29, 1.82) is 5.41 Å². The number of benzene rings is 1. The topological polar surface area (TPSA) is 124 Å². The molecular formula is C18H19N5O2S. The lowest BCUT2D eigenvalue weighted by Gasteiger charge is -2.20. The number of thiol groups is 1. The second kappa shape index (κ2) is 8.82. The van der Waals surface area contributed by atoms with Crippen LogP contribution in [0.3, 0.4) is 0 Å². The summed E-state index contributed by atoms with van der Waals surface area (Å²) >= 11 is 3.80. The van der Waals surface area contributed by atoms with Crippen molar-refractivity contribution >= 4 is 36.1 Å². The van der Waals surface area contributed by atoms with Gasteiger partial charge in [0.15, 0.2) is 5.71 Å². The first-order chi connectivity index (χ1) is 12.4. The van der Waals surface area contributed by atoms with E-state index in [4.69, 9.17) is 11.1 Å². The summed E-state index contributed by atoms with van der Waals surface area (Å²) in [6.07, 6.45) is 3.52. The highest BCUT2D eigenvalue weighted by Gasteiger charge is 2.25. The van der Waals surface area contributed by atoms with E-state index in [9.17, 15) is 9.59 Å². The molecule has 0 saturated heterocycles. The van der Waals surface area contributed by atoms with Crippen molar-refractivity contribution in [2.75, 3.05) is 0 Å². The maximum absolute atomic E-state index is 12.6. The lowest BCUT2D eigenvalue weighted by Crippen LogP contribution is -2.45. The van der Waals surface area contributed by atoms with E-state index in [0.717, 1.165) is 5.56 Å². The van der Waals surface area contributed by atoms with Gasteiger partial charge in [0.2, 0.25) is 5.91 Å². The number of nitrogens with one attached hydrogen (secondary N) is 3. The number of nitrogens with zero attached hydrogens (tertiary/aromatic N) is 1. The molecule has 1 unspecified atom stereocenters. The Morgan fingerprint density at radius 3 is 2.54 bits per heavy atom. The minimum Gasteiger partial charge on any atom is -0.367 e. The molecule has 0 aliphatic rings. The Labute approximate surface area is 156 Å². The van der Waals surface area contributed by atoms with Gasteiger partial charge in [-0.3, -0.25) is 15.0 Å². The van der Waals surface area contributed by atoms with E-state index in [1.807, 2.05) is 30.3 Å². The van der Waals surface area contributed by atoms with E-state index < -0.39 is 17.9 Å². The molecule has 134 valence electrons. The Bertz CT molecular complexity index is 844. The molecule has 26 heavy (non-hydrogen) atoms. The number of aromatic amines is 1. The summed E-state index contributed by atoms with van der Waals surface area (Å²) in [5.41, 5.74) is 6.50. The van der Waals surface area contributed by atoms with Gasteiger partial charge in [0, 0.05) is 23.5 Å². The predicted molar refractivity (Wildman–Crippen MR) is 104 cm³/mol. The average molecular weight is 369 g/mol. The Kier molecular flexibility index (Phi) is 6.51. The molecule has 0 radical (unpaired) electrons. The van der Waals surface area contributed by atoms with Crippen LogP contribution in [0.15, 0.2) is 65.3 Å². The highest BCUT2D eigenvalue weighted by molar-refractivity contribution is 7.79. The number of carbonyl (C=O) groups is 2. The molecule has 2 amide bonds. The molecule has 0 bridgehead atoms. The molecular weight excluding hydrogens is 350 g/mol. The Balaban J connectivity index is 2.20. The molecule has 1 atom stereocenters. The normalized spacial score (nSPS) is 12.3. The van der Waals surface area contributed by atoms with Crippen molar-refractivity contribution in [3.8, 4) is 0 Å². The molecule has 1 aromatic carbocycles. The standard InChI is InChI=1S/C18H19N5O2S/c1-11(17(20)24)14(9-12-5-3-2-4-6-12)22-18(25)16(23-26)15(19)13-7-8-21-10-13/h2-8,10,14,19,21,26H,1,9H2,(H2,20,24)(H,22,25). The third-order valence-electron chi connectivity index (χ3n) is 3.76. The zero-order valence-corrected chi connectivity index (χ0v) is 14.8. The Morgan fingerprint density at radius 2 is 2.00 bits per heavy atom. The van der Waals surface area contributed by atoms with Crippen LogP contribution in [-0.4, -0.2) is 34.3 Å². The number of rotatable bonds is 8. The number of aromatic nitrogens is 1. The van der Waals surface area contributed by atoms with Gasteiger partial charge in [0.1, 0.15) is 0 Å². The highest BCUT2D eigenvalue weighted by Crippen LogP contribution is 2.10. The van der Waals surface area contributed by atoms with Crippen molar-refractivity contribution in [2.24, 2.45) is 10.1 Å². The first-order valence-electron chi connectivity index (χ1n) is 7.71. The van der Waals surface area contributed by atoms with Crippen LogP contribution in [0.5, 0.6) is 0 Å². The maximum Gasteiger partial charge on any atom is 0.273 e. The fraction of sp³-hybridized carbons (Fsp3) is 0.111. The fourth-order valence-electron chi connectivity index (χ4n) is 2.33. The van der Waals surface area contributed by atoms with Crippen LogP contribution in [0.4, 0.5) is 0 Å². The van der Waals surface area contributed by atoms with E-state index in [2.05, 4.69) is 34.1 Å². The minimum absolute atomic E-state index is 0.0638. The zero-order valence-electron chi connectivity index (χ0n) is 13.9. The fourth-order valence-corrected chi connectivity index (χ4v) is 2.53. The van der Waals surface area contributed by atoms with E-state index in [-0.39, 0.29) is 17.0 Å². The molecule has 0 aliphatic heterocycles. The highest BCUT2D eigenvalue weighted by atomic mass is 32.1. The summed E-state index contributed by atoms with van der Waals surface area (Å²) in [6.45, 7) is 3.68. The SMILES string of the molecule is C=C(C(N)=O)C(Cc1ccccc1)NC(=O)C(=NS)C(=N)c1cc[nH]c1. The number of nitrogens with two attached hydrogens (primary N) is 1. The number of H-pyrrole nitrogens is 1. The average Bonchev–Trinajstić information content (AvgIpc) is 3.16. The number of carbonyl (C=O) groups excluding carboxylic acids is 2. The Morgan fingerprint density at radius 1 is 1.31 bits per heavy atom. The van der Waals surface area contributed by atoms with E-state index >= 15 is 0 Å². The molecule has 0 saturated carbocycles. The van der Waals surface area contributed by atoms with Gasteiger partial charge in [-0.05, 0) is 30.9 Å². The van der Waals surface area contributed by atoms with Crippen molar-refractivity contribution in [3.05, 3.63) is 72.1 Å². The molecule has 1 aromatic heterocycles. The molecule has 0 aliphatic carbocycles. The molecule has 1 heterocycles. The van der Waals surface area contributed by atoms with E-state index in [1.165, 1.54) is 0 Å². The Hall–Kier alpha value is -3.13. The van der Waals surface area contributed by atoms with Crippen molar-refractivity contribution < 1.29 is 9.59 Å². The monoisotopic (exact) mass is 369 g/mol. The first-order valence-corrected chi connectivity index (χ1v) is 8.11. The van der Waals surface area contributed by atoms with Gasteiger partial charge in [-0.25, -0.2) is 4.40 Å². The van der Waals surface area contributed by atoms with Crippen LogP contribution in [0.1, 0.15) is 11.1 Å². The van der Waals surface area contributed by atoms with Crippen LogP contribution in [0, 0.1) is 5.41 Å². The maximum atomic E-state index is 12.6. The molecule has 5 N–H and O–H groups in total. The summed E-state index contributed by atoms with van der Waals surface area (Å²) in [6, 6.07) is 10.2. The van der Waals surface area contributed by atoms with Crippen molar-refractivity contribution in [3.63, 3.8) is 0 Å². The molecule has 7 nitrogen and oxygen atoms in total. The van der Waals surface area contributed by atoms with Gasteiger partial charge in [0.05, 0.1) is 11.8 Å². The van der Waals surface area contributed by atoms with Gasteiger partial charge in [-0.1, -0.05) is 36.9 Å². The summed E-state index contributed by atoms with van der Waals surface area (Å²) < 4.78 is 3.62. The van der Waals surface area contributed by atoms with Crippen molar-refractivity contribution in [2.45, 2.75) is 12.5 Å². The quantitative estimate of drug-likeness (QED) is 0.274. The smallest absolute Gasteiger partial charge is 0.273 e. The molecule has 2 rings (SSSR count). The summed E-state index contributed by atoms with van der Waals surface area (Å²) in [5, 5.41) is 10.8.